The summed E-state index contributed by atoms with van der Waals surface area (Å²) in [5.74, 6) is -0.302. The number of benzene rings is 1. The van der Waals surface area contributed by atoms with Gasteiger partial charge in [0.05, 0.1) is 11.7 Å². The maximum absolute atomic E-state index is 13.2. The first-order valence-corrected chi connectivity index (χ1v) is 9.19. The fourth-order valence-electron chi connectivity index (χ4n) is 3.51. The highest BCUT2D eigenvalue weighted by Crippen LogP contribution is 2.29. The van der Waals surface area contributed by atoms with Crippen molar-refractivity contribution in [2.24, 2.45) is 0 Å². The van der Waals surface area contributed by atoms with Crippen LogP contribution in [0.3, 0.4) is 0 Å². The van der Waals surface area contributed by atoms with Crippen molar-refractivity contribution < 1.29 is 14.5 Å². The molecule has 3 aromatic rings. The molecular weight excluding hydrogens is 343 g/mol. The fraction of sp³-hybridized carbons (Fsp3) is 0.238. The van der Waals surface area contributed by atoms with Crippen molar-refractivity contribution in [2.45, 2.75) is 26.4 Å². The summed E-state index contributed by atoms with van der Waals surface area (Å²) in [7, 11) is 0. The molecule has 27 heavy (non-hydrogen) atoms. The van der Waals surface area contributed by atoms with Crippen LogP contribution in [0.2, 0.25) is 0 Å². The highest BCUT2D eigenvalue weighted by Gasteiger charge is 2.24. The molecule has 0 atom stereocenters. The molecule has 4 rings (SSSR count). The van der Waals surface area contributed by atoms with Crippen molar-refractivity contribution in [2.75, 3.05) is 6.54 Å². The Labute approximate surface area is 156 Å². The molecule has 0 aliphatic carbocycles. The zero-order chi connectivity index (χ0) is 18.8. The second-order valence-corrected chi connectivity index (χ2v) is 6.76. The van der Waals surface area contributed by atoms with E-state index in [-0.39, 0.29) is 11.7 Å². The number of hydrogen-bond donors (Lipinski definition) is 2. The van der Waals surface area contributed by atoms with E-state index in [0.29, 0.717) is 12.2 Å². The summed E-state index contributed by atoms with van der Waals surface area (Å²) in [6, 6.07) is 6.53. The normalized spacial score (nSPS) is 13.3. The molecule has 3 heterocycles. The lowest BCUT2D eigenvalue weighted by atomic mass is 10.0. The van der Waals surface area contributed by atoms with Crippen LogP contribution in [0.4, 0.5) is 4.39 Å². The van der Waals surface area contributed by atoms with E-state index in [0.717, 1.165) is 47.1 Å². The van der Waals surface area contributed by atoms with Crippen LogP contribution in [0.25, 0.3) is 17.0 Å². The number of carbonyl (C=O) groups excluding carboxylic acids is 1. The van der Waals surface area contributed by atoms with Crippen molar-refractivity contribution in [3.8, 4) is 0 Å². The number of carbonyl (C=O) groups is 1. The lowest BCUT2D eigenvalue weighted by Gasteiger charge is -2.10. The number of halogens is 1. The number of nitrogens with two attached hydrogens (primary N) is 1. The van der Waals surface area contributed by atoms with Crippen LogP contribution < -0.4 is 10.6 Å². The van der Waals surface area contributed by atoms with Gasteiger partial charge in [-0.05, 0) is 36.2 Å². The van der Waals surface area contributed by atoms with Gasteiger partial charge in [0.15, 0.2) is 5.69 Å². The summed E-state index contributed by atoms with van der Waals surface area (Å²) in [5, 5.41) is 6.05. The standard InChI is InChI=1S/C21H21FN4O/c1-2-8-23-10-15-13-26(12-14-3-5-16(22)6-4-14)18-11-25-20-17(19(15)18)7-9-24-21(20)27/h3-7,9,11,13,23H,2,8,10,12H2,1H3,(H,24,27)/p+1. The van der Waals surface area contributed by atoms with Crippen LogP contribution in [-0.4, -0.2) is 22.0 Å². The van der Waals surface area contributed by atoms with Gasteiger partial charge in [0.25, 0.3) is 0 Å². The molecule has 1 aromatic carbocycles. The summed E-state index contributed by atoms with van der Waals surface area (Å²) in [4.78, 5) is 16.6. The van der Waals surface area contributed by atoms with E-state index in [1.165, 1.54) is 12.1 Å². The number of aromatic nitrogens is 2. The summed E-state index contributed by atoms with van der Waals surface area (Å²) >= 11 is 0. The Morgan fingerprint density at radius 2 is 2.07 bits per heavy atom. The Kier molecular flexibility index (Phi) is 4.83. The molecular formula is C21H22FN4O+. The van der Waals surface area contributed by atoms with Crippen LogP contribution >= 0.6 is 0 Å². The number of rotatable bonds is 6. The molecule has 0 spiro atoms. The average Bonchev–Trinajstić information content (AvgIpc) is 3.02. The lowest BCUT2D eigenvalue weighted by molar-refractivity contribution is -0.481. The minimum atomic E-state index is -0.240. The highest BCUT2D eigenvalue weighted by atomic mass is 19.1. The van der Waals surface area contributed by atoms with Crippen molar-refractivity contribution in [3.63, 3.8) is 0 Å². The van der Waals surface area contributed by atoms with E-state index in [1.54, 1.807) is 29.8 Å². The van der Waals surface area contributed by atoms with Crippen LogP contribution in [0, 0.1) is 5.82 Å². The van der Waals surface area contributed by atoms with Crippen molar-refractivity contribution >= 4 is 22.9 Å². The molecule has 0 saturated carbocycles. The first kappa shape index (κ1) is 17.6. The van der Waals surface area contributed by atoms with Crippen LogP contribution in [-0.2, 0) is 13.1 Å². The smallest absolute Gasteiger partial charge is 0.341 e. The molecule has 1 aliphatic rings. The first-order chi connectivity index (χ1) is 13.2. The second-order valence-electron chi connectivity index (χ2n) is 6.76. The number of nitrogens with one attached hydrogen (secondary N) is 1. The van der Waals surface area contributed by atoms with Crippen LogP contribution in [0.5, 0.6) is 0 Å². The summed E-state index contributed by atoms with van der Waals surface area (Å²) in [5.41, 5.74) is 4.51. The van der Waals surface area contributed by atoms with Crippen LogP contribution in [0.15, 0.2) is 42.9 Å². The molecule has 2 aromatic heterocycles. The molecule has 0 unspecified atom stereocenters. The van der Waals surface area contributed by atoms with Gasteiger partial charge in [-0.25, -0.2) is 14.2 Å². The predicted molar refractivity (Wildman–Crippen MR) is 103 cm³/mol. The Morgan fingerprint density at radius 1 is 1.26 bits per heavy atom. The van der Waals surface area contributed by atoms with E-state index in [9.17, 15) is 9.18 Å². The number of nitrogens with zero attached hydrogens (tertiary/aromatic N) is 2. The third kappa shape index (κ3) is 3.41. The van der Waals surface area contributed by atoms with E-state index in [4.69, 9.17) is 0 Å². The summed E-state index contributed by atoms with van der Waals surface area (Å²) in [6.45, 7) is 4.41. The number of primary amides is 1. The van der Waals surface area contributed by atoms with Crippen molar-refractivity contribution in [3.05, 3.63) is 71.1 Å². The van der Waals surface area contributed by atoms with Gasteiger partial charge in [0.1, 0.15) is 12.0 Å². The number of amides is 1. The van der Waals surface area contributed by atoms with Crippen molar-refractivity contribution in [1.82, 2.24) is 14.9 Å². The largest absolute Gasteiger partial charge is 0.366 e. The van der Waals surface area contributed by atoms with Gasteiger partial charge < -0.3 is 9.88 Å². The Morgan fingerprint density at radius 3 is 2.85 bits per heavy atom. The van der Waals surface area contributed by atoms with Crippen molar-refractivity contribution in [1.29, 1.82) is 0 Å². The third-order valence-corrected chi connectivity index (χ3v) is 4.79. The van der Waals surface area contributed by atoms with E-state index in [1.807, 2.05) is 6.08 Å². The van der Waals surface area contributed by atoms with Gasteiger partial charge in [-0.1, -0.05) is 19.1 Å². The Bertz CT molecular complexity index is 1020. The van der Waals surface area contributed by atoms with E-state index >= 15 is 0 Å². The van der Waals surface area contributed by atoms with E-state index in [2.05, 4.69) is 28.0 Å². The molecule has 0 saturated heterocycles. The van der Waals surface area contributed by atoms with E-state index < -0.39 is 0 Å². The van der Waals surface area contributed by atoms with Gasteiger partial charge in [-0.2, -0.15) is 0 Å². The SMILES string of the molecule is CCCNCc1cn(Cc2ccc(F)cc2)c2cnc3c(c12)C=C[NH2+]C3=O. The number of pyridine rings is 1. The second kappa shape index (κ2) is 7.42. The molecule has 1 amide bonds. The topological polar surface area (TPSA) is 63.5 Å². The molecule has 6 heteroatoms. The van der Waals surface area contributed by atoms with Gasteiger partial charge in [0, 0.05) is 36.3 Å². The highest BCUT2D eigenvalue weighted by molar-refractivity contribution is 6.01. The summed E-state index contributed by atoms with van der Waals surface area (Å²) < 4.78 is 15.3. The minimum absolute atomic E-state index is 0.0619. The number of fused-ring (bicyclic) bond motifs is 3. The van der Waals surface area contributed by atoms with Gasteiger partial charge in [-0.15, -0.1) is 0 Å². The van der Waals surface area contributed by atoms with Gasteiger partial charge in [0.2, 0.25) is 0 Å². The minimum Gasteiger partial charge on any atom is -0.341 e. The quantitative estimate of drug-likeness (QED) is 0.660. The third-order valence-electron chi connectivity index (χ3n) is 4.79. The first-order valence-electron chi connectivity index (χ1n) is 9.19. The summed E-state index contributed by atoms with van der Waals surface area (Å²) in [6.07, 6.45) is 8.67. The molecule has 0 bridgehead atoms. The zero-order valence-electron chi connectivity index (χ0n) is 15.2. The maximum atomic E-state index is 13.2. The molecule has 1 aliphatic heterocycles. The predicted octanol–water partition coefficient (Wildman–Crippen LogP) is 2.41. The molecule has 5 nitrogen and oxygen atoms in total. The maximum Gasteiger partial charge on any atom is 0.366 e. The Balaban J connectivity index is 1.81. The Hall–Kier alpha value is -2.83. The van der Waals surface area contributed by atoms with Crippen LogP contribution in [0.1, 0.15) is 40.5 Å². The number of quaternary nitrogens is 1. The molecule has 3 N–H and O–H groups in total. The zero-order valence-corrected chi connectivity index (χ0v) is 15.2. The fourth-order valence-corrected chi connectivity index (χ4v) is 3.51. The lowest BCUT2D eigenvalue weighted by Crippen LogP contribution is -2.83. The monoisotopic (exact) mass is 365 g/mol. The molecule has 0 radical (unpaired) electrons. The molecule has 138 valence electrons. The average molecular weight is 365 g/mol. The number of hydrogen-bond acceptors (Lipinski definition) is 3. The van der Waals surface area contributed by atoms with Gasteiger partial charge in [-0.3, -0.25) is 5.32 Å². The molecule has 0 fully saturated rings. The van der Waals surface area contributed by atoms with Gasteiger partial charge >= 0.3 is 5.91 Å².